The Bertz CT molecular complexity index is 55.4. The Hall–Kier alpha value is -0.0366. The van der Waals surface area contributed by atoms with Crippen LogP contribution in [0.3, 0.4) is 0 Å². The molecule has 0 unspecified atom stereocenters. The molecule has 3 heteroatoms. The third-order valence-electron chi connectivity index (χ3n) is 0.644. The Morgan fingerprint density at radius 1 is 1.00 bits per heavy atom. The van der Waals surface area contributed by atoms with Crippen LogP contribution < -0.4 is 0 Å². The van der Waals surface area contributed by atoms with Crippen LogP contribution in [-0.4, -0.2) is 12.6 Å². The van der Waals surface area contributed by atoms with E-state index in [0.717, 1.165) is 12.6 Å². The van der Waals surface area contributed by atoms with Crippen molar-refractivity contribution in [2.45, 2.75) is 19.3 Å². The van der Waals surface area contributed by atoms with Crippen molar-refractivity contribution in [3.8, 4) is 0 Å². The van der Waals surface area contributed by atoms with Gasteiger partial charge in [0.05, 0.1) is 0 Å². The summed E-state index contributed by atoms with van der Waals surface area (Å²) in [4.78, 5) is 19.1. The molecule has 0 heterocycles. The Balaban J connectivity index is 0. The summed E-state index contributed by atoms with van der Waals surface area (Å²) >= 11 is 0. The molecule has 0 amide bonds. The first kappa shape index (κ1) is 10.9. The van der Waals surface area contributed by atoms with Crippen molar-refractivity contribution in [1.82, 2.24) is 0 Å². The Morgan fingerprint density at radius 2 is 1.38 bits per heavy atom. The SMILES string of the molecule is O=CCCCC=O.[Ru]. The largest absolute Gasteiger partial charge is 0.303 e. The minimum atomic E-state index is 0. The smallest absolute Gasteiger partial charge is 0.120 e. The average molecular weight is 201 g/mol. The third-order valence-corrected chi connectivity index (χ3v) is 0.644. The number of unbranched alkanes of at least 4 members (excludes halogenated alkanes) is 2. The van der Waals surface area contributed by atoms with Crippen molar-refractivity contribution in [2.24, 2.45) is 0 Å². The zero-order valence-electron chi connectivity index (χ0n) is 4.45. The van der Waals surface area contributed by atoms with E-state index in [1.807, 2.05) is 0 Å². The number of carbonyl (C=O) groups excluding carboxylic acids is 2. The zero-order valence-corrected chi connectivity index (χ0v) is 6.18. The molecule has 0 atom stereocenters. The molecule has 48 valence electrons. The van der Waals surface area contributed by atoms with Gasteiger partial charge in [0.2, 0.25) is 0 Å². The van der Waals surface area contributed by atoms with Crippen LogP contribution >= 0.6 is 0 Å². The first-order valence-corrected chi connectivity index (χ1v) is 2.29. The maximum atomic E-state index is 9.56. The molecule has 0 N–H and O–H groups in total. The van der Waals surface area contributed by atoms with Crippen molar-refractivity contribution < 1.29 is 29.1 Å². The molecule has 0 aromatic rings. The molecule has 0 fully saturated rings. The fraction of sp³-hybridized carbons (Fsp3) is 0.600. The predicted molar refractivity (Wildman–Crippen MR) is 26.0 cm³/mol. The standard InChI is InChI=1S/C5H8O2.Ru/c6-4-2-1-3-5-7;/h4-5H,1-3H2;. The van der Waals surface area contributed by atoms with E-state index in [1.165, 1.54) is 0 Å². The van der Waals surface area contributed by atoms with Crippen LogP contribution in [0.1, 0.15) is 19.3 Å². The van der Waals surface area contributed by atoms with Crippen LogP contribution in [0, 0.1) is 0 Å². The van der Waals surface area contributed by atoms with Crippen molar-refractivity contribution in [3.63, 3.8) is 0 Å². The van der Waals surface area contributed by atoms with Gasteiger partial charge in [-0.05, 0) is 6.42 Å². The Morgan fingerprint density at radius 3 is 1.62 bits per heavy atom. The molecule has 0 saturated heterocycles. The average Bonchev–Trinajstić information content (AvgIpc) is 1.69. The molecule has 0 aromatic carbocycles. The quantitative estimate of drug-likeness (QED) is 0.378. The van der Waals surface area contributed by atoms with E-state index in [4.69, 9.17) is 0 Å². The Labute approximate surface area is 61.4 Å². The van der Waals surface area contributed by atoms with Gasteiger partial charge in [0, 0.05) is 32.3 Å². The first-order chi connectivity index (χ1) is 3.41. The zero-order chi connectivity index (χ0) is 5.54. The minimum Gasteiger partial charge on any atom is -0.303 e. The van der Waals surface area contributed by atoms with Crippen LogP contribution in [0.25, 0.3) is 0 Å². The number of hydrogen-bond donors (Lipinski definition) is 0. The summed E-state index contributed by atoms with van der Waals surface area (Å²) in [6, 6.07) is 0. The third kappa shape index (κ3) is 9.35. The van der Waals surface area contributed by atoms with Gasteiger partial charge in [0.15, 0.2) is 0 Å². The summed E-state index contributed by atoms with van der Waals surface area (Å²) in [6.45, 7) is 0. The second-order valence-corrected chi connectivity index (χ2v) is 1.26. The second kappa shape index (κ2) is 10.1. The summed E-state index contributed by atoms with van der Waals surface area (Å²) in [5.41, 5.74) is 0. The minimum absolute atomic E-state index is 0. The van der Waals surface area contributed by atoms with E-state index >= 15 is 0 Å². The normalized spacial score (nSPS) is 7.00. The van der Waals surface area contributed by atoms with Gasteiger partial charge in [-0.15, -0.1) is 0 Å². The van der Waals surface area contributed by atoms with Crippen molar-refractivity contribution in [1.29, 1.82) is 0 Å². The van der Waals surface area contributed by atoms with Crippen LogP contribution in [-0.2, 0) is 29.1 Å². The van der Waals surface area contributed by atoms with E-state index in [-0.39, 0.29) is 19.5 Å². The van der Waals surface area contributed by atoms with E-state index in [2.05, 4.69) is 0 Å². The predicted octanol–water partition coefficient (Wildman–Crippen LogP) is 0.552. The van der Waals surface area contributed by atoms with Gasteiger partial charge in [-0.3, -0.25) is 0 Å². The molecule has 2 nitrogen and oxygen atoms in total. The van der Waals surface area contributed by atoms with Crippen LogP contribution in [0.2, 0.25) is 0 Å². The number of hydrogen-bond acceptors (Lipinski definition) is 2. The molecule has 0 aliphatic carbocycles. The van der Waals surface area contributed by atoms with Crippen LogP contribution in [0.15, 0.2) is 0 Å². The molecule has 0 rings (SSSR count). The molecule has 8 heavy (non-hydrogen) atoms. The molecule has 0 aliphatic heterocycles. The van der Waals surface area contributed by atoms with Gasteiger partial charge in [-0.25, -0.2) is 0 Å². The second-order valence-electron chi connectivity index (χ2n) is 1.26. The van der Waals surface area contributed by atoms with E-state index in [1.54, 1.807) is 0 Å². The summed E-state index contributed by atoms with van der Waals surface area (Å²) < 4.78 is 0. The topological polar surface area (TPSA) is 34.1 Å². The van der Waals surface area contributed by atoms with Crippen molar-refractivity contribution in [2.75, 3.05) is 0 Å². The van der Waals surface area contributed by atoms with Gasteiger partial charge in [-0.2, -0.15) is 0 Å². The summed E-state index contributed by atoms with van der Waals surface area (Å²) in [7, 11) is 0. The fourth-order valence-corrected chi connectivity index (χ4v) is 0.285. The fourth-order valence-electron chi connectivity index (χ4n) is 0.285. The van der Waals surface area contributed by atoms with Crippen LogP contribution in [0.4, 0.5) is 0 Å². The molecular weight excluding hydrogens is 193 g/mol. The molecule has 0 spiro atoms. The molecule has 0 aromatic heterocycles. The van der Waals surface area contributed by atoms with Gasteiger partial charge >= 0.3 is 0 Å². The van der Waals surface area contributed by atoms with Crippen LogP contribution in [0.5, 0.6) is 0 Å². The maximum Gasteiger partial charge on any atom is 0.120 e. The Kier molecular flexibility index (Phi) is 13.6. The maximum absolute atomic E-state index is 9.56. The molecule has 0 aliphatic rings. The molecular formula is C5H8O2Ru. The number of rotatable bonds is 4. The van der Waals surface area contributed by atoms with E-state index < -0.39 is 0 Å². The molecule has 0 saturated carbocycles. The van der Waals surface area contributed by atoms with Crippen molar-refractivity contribution >= 4 is 12.6 Å². The van der Waals surface area contributed by atoms with Crippen molar-refractivity contribution in [3.05, 3.63) is 0 Å². The van der Waals surface area contributed by atoms with Gasteiger partial charge < -0.3 is 9.59 Å². The number of carbonyl (C=O) groups is 2. The molecule has 0 bridgehead atoms. The van der Waals surface area contributed by atoms with E-state index in [0.29, 0.717) is 19.3 Å². The summed E-state index contributed by atoms with van der Waals surface area (Å²) in [6.07, 6.45) is 3.37. The van der Waals surface area contributed by atoms with Gasteiger partial charge in [0.1, 0.15) is 12.6 Å². The van der Waals surface area contributed by atoms with Gasteiger partial charge in [0.25, 0.3) is 0 Å². The summed E-state index contributed by atoms with van der Waals surface area (Å²) in [5, 5.41) is 0. The first-order valence-electron chi connectivity index (χ1n) is 2.29. The van der Waals surface area contributed by atoms with E-state index in [9.17, 15) is 9.59 Å². The number of aldehydes is 2. The monoisotopic (exact) mass is 202 g/mol. The summed E-state index contributed by atoms with van der Waals surface area (Å²) in [5.74, 6) is 0. The molecule has 0 radical (unpaired) electrons. The van der Waals surface area contributed by atoms with Gasteiger partial charge in [-0.1, -0.05) is 0 Å².